The summed E-state index contributed by atoms with van der Waals surface area (Å²) < 4.78 is 13.7. The van der Waals surface area contributed by atoms with Gasteiger partial charge in [-0.05, 0) is 20.5 Å². The molecule has 118 valence electrons. The van der Waals surface area contributed by atoms with Crippen molar-refractivity contribution in [2.75, 3.05) is 27.3 Å². The first-order chi connectivity index (χ1) is 10.1. The molecule has 1 saturated carbocycles. The highest BCUT2D eigenvalue weighted by Gasteiger charge is 2.45. The number of rotatable bonds is 4. The van der Waals surface area contributed by atoms with Crippen molar-refractivity contribution in [2.45, 2.75) is 43.7 Å². The molecule has 1 spiro atoms. The van der Waals surface area contributed by atoms with Crippen LogP contribution in [0.1, 0.15) is 24.8 Å². The molecule has 2 unspecified atom stereocenters. The summed E-state index contributed by atoms with van der Waals surface area (Å²) in [7, 11) is 6.18. The molecule has 1 aliphatic carbocycles. The largest absolute Gasteiger partial charge is 0.347 e. The number of hydrogen-bond donors (Lipinski definition) is 1. The summed E-state index contributed by atoms with van der Waals surface area (Å²) in [6, 6.07) is 0.882. The molecule has 6 nitrogen and oxygen atoms in total. The number of hydrogen-bond acceptors (Lipinski definition) is 5. The summed E-state index contributed by atoms with van der Waals surface area (Å²) in [5.41, 5.74) is 1.24. The minimum absolute atomic E-state index is 0.346. The Labute approximate surface area is 126 Å². The van der Waals surface area contributed by atoms with Crippen LogP contribution in [-0.4, -0.2) is 59.9 Å². The third kappa shape index (κ3) is 3.13. The van der Waals surface area contributed by atoms with Crippen LogP contribution in [0, 0.1) is 0 Å². The maximum absolute atomic E-state index is 5.92. The van der Waals surface area contributed by atoms with Crippen LogP contribution in [-0.2, 0) is 23.1 Å². The first-order valence-corrected chi connectivity index (χ1v) is 7.75. The van der Waals surface area contributed by atoms with Gasteiger partial charge in [0.2, 0.25) is 0 Å². The van der Waals surface area contributed by atoms with E-state index in [2.05, 4.69) is 28.6 Å². The van der Waals surface area contributed by atoms with E-state index in [9.17, 15) is 0 Å². The van der Waals surface area contributed by atoms with Gasteiger partial charge in [-0.2, -0.15) is 5.10 Å². The van der Waals surface area contributed by atoms with E-state index in [4.69, 9.17) is 9.47 Å². The lowest BCUT2D eigenvalue weighted by Gasteiger charge is -2.44. The number of likely N-dealkylation sites (N-methyl/N-ethyl adjacent to an activating group) is 2. The zero-order valence-corrected chi connectivity index (χ0v) is 13.2. The maximum atomic E-state index is 5.92. The Hall–Kier alpha value is -0.950. The number of nitrogens with zero attached hydrogens (tertiary/aromatic N) is 3. The highest BCUT2D eigenvalue weighted by atomic mass is 16.7. The number of aryl methyl sites for hydroxylation is 1. The quantitative estimate of drug-likeness (QED) is 0.887. The average molecular weight is 294 g/mol. The van der Waals surface area contributed by atoms with E-state index in [1.165, 1.54) is 5.56 Å². The normalized spacial score (nSPS) is 28.6. The van der Waals surface area contributed by atoms with E-state index in [1.807, 2.05) is 25.0 Å². The van der Waals surface area contributed by atoms with Gasteiger partial charge in [-0.3, -0.25) is 9.58 Å². The third-order valence-corrected chi connectivity index (χ3v) is 4.76. The van der Waals surface area contributed by atoms with Gasteiger partial charge in [0.1, 0.15) is 0 Å². The molecular formula is C15H26N4O2. The summed E-state index contributed by atoms with van der Waals surface area (Å²) in [6.45, 7) is 2.35. The molecule has 1 saturated heterocycles. The number of nitrogens with one attached hydrogen (secondary N) is 1. The SMILES string of the molecule is CNC1CCC2(CC1N(C)Cc1cnn(C)c1)OCCO2. The van der Waals surface area contributed by atoms with Gasteiger partial charge in [0, 0.05) is 50.3 Å². The summed E-state index contributed by atoms with van der Waals surface area (Å²) in [5.74, 6) is -0.346. The van der Waals surface area contributed by atoms with Crippen molar-refractivity contribution in [1.29, 1.82) is 0 Å². The van der Waals surface area contributed by atoms with Crippen LogP contribution in [0.5, 0.6) is 0 Å². The van der Waals surface area contributed by atoms with Gasteiger partial charge in [-0.1, -0.05) is 0 Å². The molecule has 21 heavy (non-hydrogen) atoms. The Bertz CT molecular complexity index is 470. The predicted octanol–water partition coefficient (Wildman–Crippen LogP) is 0.736. The van der Waals surface area contributed by atoms with Gasteiger partial charge < -0.3 is 14.8 Å². The second kappa shape index (κ2) is 6.04. The first kappa shape index (κ1) is 15.0. The van der Waals surface area contributed by atoms with Crippen molar-refractivity contribution in [3.05, 3.63) is 18.0 Å². The lowest BCUT2D eigenvalue weighted by molar-refractivity contribution is -0.192. The molecule has 0 radical (unpaired) electrons. The zero-order chi connectivity index (χ0) is 14.9. The summed E-state index contributed by atoms with van der Waals surface area (Å²) >= 11 is 0. The van der Waals surface area contributed by atoms with Crippen LogP contribution < -0.4 is 5.32 Å². The maximum Gasteiger partial charge on any atom is 0.170 e. The molecule has 1 N–H and O–H groups in total. The van der Waals surface area contributed by atoms with Crippen molar-refractivity contribution in [2.24, 2.45) is 7.05 Å². The van der Waals surface area contributed by atoms with E-state index in [1.54, 1.807) is 0 Å². The molecule has 6 heteroatoms. The van der Waals surface area contributed by atoms with Crippen molar-refractivity contribution in [1.82, 2.24) is 20.0 Å². The van der Waals surface area contributed by atoms with Gasteiger partial charge >= 0.3 is 0 Å². The monoisotopic (exact) mass is 294 g/mol. The molecule has 2 atom stereocenters. The molecule has 0 bridgehead atoms. The van der Waals surface area contributed by atoms with Crippen LogP contribution in [0.4, 0.5) is 0 Å². The second-order valence-corrected chi connectivity index (χ2v) is 6.25. The summed E-state index contributed by atoms with van der Waals surface area (Å²) in [4.78, 5) is 2.39. The van der Waals surface area contributed by atoms with E-state index < -0.39 is 0 Å². The molecular weight excluding hydrogens is 268 g/mol. The van der Waals surface area contributed by atoms with Crippen LogP contribution in [0.25, 0.3) is 0 Å². The molecule has 2 heterocycles. The molecule has 1 aliphatic heterocycles. The van der Waals surface area contributed by atoms with E-state index >= 15 is 0 Å². The van der Waals surface area contributed by atoms with Gasteiger partial charge in [0.25, 0.3) is 0 Å². The van der Waals surface area contributed by atoms with Gasteiger partial charge in [-0.15, -0.1) is 0 Å². The fourth-order valence-corrected chi connectivity index (χ4v) is 3.65. The van der Waals surface area contributed by atoms with Crippen molar-refractivity contribution in [3.8, 4) is 0 Å². The van der Waals surface area contributed by atoms with Crippen LogP contribution >= 0.6 is 0 Å². The Kier molecular flexibility index (Phi) is 4.31. The molecule has 2 fully saturated rings. The zero-order valence-electron chi connectivity index (χ0n) is 13.2. The summed E-state index contributed by atoms with van der Waals surface area (Å²) in [6.07, 6.45) is 7.00. The minimum Gasteiger partial charge on any atom is -0.347 e. The predicted molar refractivity (Wildman–Crippen MR) is 79.8 cm³/mol. The molecule has 1 aromatic rings. The highest BCUT2D eigenvalue weighted by molar-refractivity contribution is 5.05. The number of ether oxygens (including phenoxy) is 2. The molecule has 1 aromatic heterocycles. The highest BCUT2D eigenvalue weighted by Crippen LogP contribution is 2.37. The molecule has 2 aliphatic rings. The van der Waals surface area contributed by atoms with E-state index in [0.29, 0.717) is 12.1 Å². The second-order valence-electron chi connectivity index (χ2n) is 6.25. The van der Waals surface area contributed by atoms with E-state index in [0.717, 1.165) is 39.0 Å². The molecule has 0 aromatic carbocycles. The smallest absolute Gasteiger partial charge is 0.170 e. The molecule has 3 rings (SSSR count). The fraction of sp³-hybridized carbons (Fsp3) is 0.800. The molecule has 0 amide bonds. The first-order valence-electron chi connectivity index (χ1n) is 7.75. The Morgan fingerprint density at radius 1 is 1.48 bits per heavy atom. The van der Waals surface area contributed by atoms with Gasteiger partial charge in [0.15, 0.2) is 5.79 Å². The summed E-state index contributed by atoms with van der Waals surface area (Å²) in [5, 5.41) is 7.71. The number of aromatic nitrogens is 2. The average Bonchev–Trinajstić information content (AvgIpc) is 3.09. The minimum atomic E-state index is -0.346. The van der Waals surface area contributed by atoms with Crippen molar-refractivity contribution < 1.29 is 9.47 Å². The lowest BCUT2D eigenvalue weighted by atomic mass is 9.84. The standard InChI is InChI=1S/C15H26N4O2/c1-16-13-4-5-15(20-6-7-21-15)8-14(13)18(2)10-12-9-17-19(3)11-12/h9,11,13-14,16H,4-8,10H2,1-3H3. The Morgan fingerprint density at radius 3 is 2.86 bits per heavy atom. The van der Waals surface area contributed by atoms with Crippen LogP contribution in [0.3, 0.4) is 0 Å². The van der Waals surface area contributed by atoms with Crippen molar-refractivity contribution >= 4 is 0 Å². The van der Waals surface area contributed by atoms with Gasteiger partial charge in [-0.25, -0.2) is 0 Å². The Morgan fingerprint density at radius 2 is 2.24 bits per heavy atom. The Balaban J connectivity index is 1.69. The van der Waals surface area contributed by atoms with E-state index in [-0.39, 0.29) is 5.79 Å². The van der Waals surface area contributed by atoms with Crippen LogP contribution in [0.2, 0.25) is 0 Å². The fourth-order valence-electron chi connectivity index (χ4n) is 3.65. The topological polar surface area (TPSA) is 51.6 Å². The van der Waals surface area contributed by atoms with Crippen molar-refractivity contribution in [3.63, 3.8) is 0 Å². The third-order valence-electron chi connectivity index (χ3n) is 4.76. The van der Waals surface area contributed by atoms with Gasteiger partial charge in [0.05, 0.1) is 19.4 Å². The van der Waals surface area contributed by atoms with Crippen LogP contribution in [0.15, 0.2) is 12.4 Å². The lowest BCUT2D eigenvalue weighted by Crippen LogP contribution is -2.56.